The fourth-order valence-corrected chi connectivity index (χ4v) is 5.72. The van der Waals surface area contributed by atoms with Crippen molar-refractivity contribution in [2.75, 3.05) is 13.6 Å². The molecule has 0 unspecified atom stereocenters. The van der Waals surface area contributed by atoms with E-state index in [1.54, 1.807) is 68.4 Å². The Bertz CT molecular complexity index is 2110. The number of rotatable bonds is 20. The average molecular weight is 823 g/mol. The van der Waals surface area contributed by atoms with Crippen molar-refractivity contribution in [1.82, 2.24) is 15.5 Å². The topological polar surface area (TPSA) is 216 Å². The van der Waals surface area contributed by atoms with Crippen LogP contribution < -0.4 is 25.8 Å². The van der Waals surface area contributed by atoms with Gasteiger partial charge in [0.25, 0.3) is 0 Å². The number of carboxylic acid groups (broad SMARTS) is 1. The lowest BCUT2D eigenvalue weighted by Crippen LogP contribution is -2.63. The third-order valence-corrected chi connectivity index (χ3v) is 9.39. The number of esters is 1. The molecule has 0 saturated carbocycles. The maximum absolute atomic E-state index is 13.9. The highest BCUT2D eigenvalue weighted by atomic mass is 16.6. The standard InChI is InChI=1S/C45H50N4O11/c1-6-45(4,40(48-41(52)37(46)29(2)3)42(53)47-25-36(50)58-27-31-18-12-8-13-19-31)60-35-24-33(22-23-34(35)57-26-30-16-10-7-11-17-30)39(51)38(43(54)55)49(5)44(56)59-28-32-20-14-9-15-21-32/h1,7-24,29,37-40,51H,25-28,46H2,2-5H3,(H,47,53)(H,48,52)(H,54,55)/t37-,38-,39+,40+,45+/m0/s1. The molecule has 5 atom stereocenters. The van der Waals surface area contributed by atoms with Crippen LogP contribution in [0.5, 0.6) is 11.5 Å². The molecule has 4 aromatic rings. The van der Waals surface area contributed by atoms with E-state index < -0.39 is 66.2 Å². The number of nitrogens with zero attached hydrogens (tertiary/aromatic N) is 1. The zero-order valence-electron chi connectivity index (χ0n) is 33.8. The molecule has 15 heteroatoms. The van der Waals surface area contributed by atoms with Crippen LogP contribution in [0.15, 0.2) is 109 Å². The van der Waals surface area contributed by atoms with Gasteiger partial charge in [-0.3, -0.25) is 19.3 Å². The van der Waals surface area contributed by atoms with E-state index in [-0.39, 0.29) is 42.8 Å². The summed E-state index contributed by atoms with van der Waals surface area (Å²) in [6.45, 7) is 3.96. The van der Waals surface area contributed by atoms with Crippen LogP contribution in [0, 0.1) is 18.3 Å². The Morgan fingerprint density at radius 1 is 0.800 bits per heavy atom. The molecule has 60 heavy (non-hydrogen) atoms. The van der Waals surface area contributed by atoms with Crippen molar-refractivity contribution >= 4 is 29.8 Å². The van der Waals surface area contributed by atoms with E-state index in [1.165, 1.54) is 32.2 Å². The summed E-state index contributed by atoms with van der Waals surface area (Å²) in [6.07, 6.45) is 3.18. The van der Waals surface area contributed by atoms with Crippen LogP contribution >= 0.6 is 0 Å². The fourth-order valence-electron chi connectivity index (χ4n) is 5.72. The molecule has 4 rings (SSSR count). The summed E-state index contributed by atoms with van der Waals surface area (Å²) in [6, 6.07) is 26.1. The lowest BCUT2D eigenvalue weighted by Gasteiger charge is -2.35. The fraction of sp³-hybridized carbons (Fsp3) is 0.311. The van der Waals surface area contributed by atoms with E-state index in [9.17, 15) is 34.2 Å². The molecule has 0 spiro atoms. The zero-order chi connectivity index (χ0) is 43.8. The van der Waals surface area contributed by atoms with E-state index in [0.717, 1.165) is 16.0 Å². The molecular weight excluding hydrogens is 773 g/mol. The summed E-state index contributed by atoms with van der Waals surface area (Å²) in [4.78, 5) is 66.4. The largest absolute Gasteiger partial charge is 0.485 e. The van der Waals surface area contributed by atoms with Crippen molar-refractivity contribution < 1.29 is 53.1 Å². The second-order valence-corrected chi connectivity index (χ2v) is 14.3. The summed E-state index contributed by atoms with van der Waals surface area (Å²) in [5.74, 6) is -2.06. The second-order valence-electron chi connectivity index (χ2n) is 14.3. The number of benzene rings is 4. The first-order chi connectivity index (χ1) is 28.6. The molecule has 3 amide bonds. The van der Waals surface area contributed by atoms with Gasteiger partial charge in [0.15, 0.2) is 29.2 Å². The Labute approximate surface area is 348 Å². The number of aliphatic hydroxyl groups is 1. The molecule has 0 fully saturated rings. The molecule has 0 aliphatic rings. The first kappa shape index (κ1) is 45.8. The van der Waals surface area contributed by atoms with E-state index in [2.05, 4.69) is 16.6 Å². The predicted octanol–water partition coefficient (Wildman–Crippen LogP) is 4.12. The number of ether oxygens (including phenoxy) is 4. The molecule has 0 aliphatic carbocycles. The normalized spacial score (nSPS) is 13.8. The molecule has 316 valence electrons. The Morgan fingerprint density at radius 3 is 1.85 bits per heavy atom. The van der Waals surface area contributed by atoms with Crippen molar-refractivity contribution in [2.45, 2.75) is 70.4 Å². The number of nitrogens with two attached hydrogens (primary N) is 1. The highest BCUT2D eigenvalue weighted by Gasteiger charge is 2.43. The second kappa shape index (κ2) is 21.8. The number of aliphatic hydroxyl groups excluding tert-OH is 1. The van der Waals surface area contributed by atoms with Gasteiger partial charge < -0.3 is 45.5 Å². The number of terminal acetylenes is 1. The smallest absolute Gasteiger partial charge is 0.410 e. The molecule has 0 aromatic heterocycles. The quantitative estimate of drug-likeness (QED) is 0.0629. The van der Waals surface area contributed by atoms with E-state index in [0.29, 0.717) is 5.56 Å². The van der Waals surface area contributed by atoms with Crippen LogP contribution in [0.25, 0.3) is 0 Å². The zero-order valence-corrected chi connectivity index (χ0v) is 33.8. The van der Waals surface area contributed by atoms with Crippen molar-refractivity contribution in [3.8, 4) is 23.8 Å². The third-order valence-electron chi connectivity index (χ3n) is 9.39. The van der Waals surface area contributed by atoms with Gasteiger partial charge in [-0.05, 0) is 47.2 Å². The molecule has 0 radical (unpaired) electrons. The van der Waals surface area contributed by atoms with Crippen LogP contribution in [-0.4, -0.2) is 82.3 Å². The van der Waals surface area contributed by atoms with Gasteiger partial charge in [-0.15, -0.1) is 6.42 Å². The molecule has 4 aromatic carbocycles. The Kier molecular flexibility index (Phi) is 16.6. The monoisotopic (exact) mass is 822 g/mol. The van der Waals surface area contributed by atoms with E-state index in [4.69, 9.17) is 31.1 Å². The molecule has 0 heterocycles. The van der Waals surface area contributed by atoms with Gasteiger partial charge >= 0.3 is 18.0 Å². The lowest BCUT2D eigenvalue weighted by molar-refractivity contribution is -0.147. The van der Waals surface area contributed by atoms with Crippen molar-refractivity contribution in [3.05, 3.63) is 131 Å². The maximum atomic E-state index is 13.9. The number of amides is 3. The predicted molar refractivity (Wildman–Crippen MR) is 220 cm³/mol. The van der Waals surface area contributed by atoms with Crippen LogP contribution in [0.3, 0.4) is 0 Å². The highest BCUT2D eigenvalue weighted by molar-refractivity contribution is 5.92. The Morgan fingerprint density at radius 2 is 1.33 bits per heavy atom. The van der Waals surface area contributed by atoms with Gasteiger partial charge in [0.05, 0.1) is 6.04 Å². The van der Waals surface area contributed by atoms with Crippen molar-refractivity contribution in [3.63, 3.8) is 0 Å². The minimum atomic E-state index is -2.07. The molecule has 0 bridgehead atoms. The Hall–Kier alpha value is -6.89. The number of carbonyl (C=O) groups excluding carboxylic acids is 4. The summed E-state index contributed by atoms with van der Waals surface area (Å²) in [5.41, 5.74) is 6.16. The van der Waals surface area contributed by atoms with E-state index >= 15 is 0 Å². The first-order valence-electron chi connectivity index (χ1n) is 19.0. The number of carboxylic acids is 1. The minimum Gasteiger partial charge on any atom is -0.485 e. The number of hydrogen-bond acceptors (Lipinski definition) is 11. The van der Waals surface area contributed by atoms with Gasteiger partial charge in [0, 0.05) is 7.05 Å². The van der Waals surface area contributed by atoms with Gasteiger partial charge in [0.1, 0.15) is 32.5 Å². The van der Waals surface area contributed by atoms with Gasteiger partial charge in [-0.2, -0.15) is 0 Å². The van der Waals surface area contributed by atoms with Crippen molar-refractivity contribution in [1.29, 1.82) is 0 Å². The van der Waals surface area contributed by atoms with Crippen LogP contribution in [0.2, 0.25) is 0 Å². The van der Waals surface area contributed by atoms with Gasteiger partial charge in [-0.25, -0.2) is 9.59 Å². The van der Waals surface area contributed by atoms with Crippen molar-refractivity contribution in [2.24, 2.45) is 11.7 Å². The molecular formula is C45H50N4O11. The SMILES string of the molecule is C#C[C@@](C)(Oc1cc([C@@H](O)[C@@H](C(=O)O)N(C)C(=O)OCc2ccccc2)ccc1OCc1ccccc1)[C@H](NC(=O)[C@@H](N)C(C)C)C(=O)NCC(=O)OCc1ccccc1. The third kappa shape index (κ3) is 12.8. The van der Waals surface area contributed by atoms with Gasteiger partial charge in [0.2, 0.25) is 11.8 Å². The molecule has 15 nitrogen and oxygen atoms in total. The van der Waals surface area contributed by atoms with Crippen LogP contribution in [0.1, 0.15) is 49.1 Å². The number of carbonyl (C=O) groups is 5. The number of nitrogens with one attached hydrogen (secondary N) is 2. The maximum Gasteiger partial charge on any atom is 0.410 e. The summed E-state index contributed by atoms with van der Waals surface area (Å²) >= 11 is 0. The average Bonchev–Trinajstić information content (AvgIpc) is 3.25. The highest BCUT2D eigenvalue weighted by Crippen LogP contribution is 2.36. The summed E-state index contributed by atoms with van der Waals surface area (Å²) in [5, 5.41) is 26.8. The molecule has 0 saturated heterocycles. The number of likely N-dealkylation sites (N-methyl/N-ethyl adjacent to an activating group) is 1. The molecule has 0 aliphatic heterocycles. The number of aliphatic carboxylic acids is 1. The lowest BCUT2D eigenvalue weighted by atomic mass is 9.94. The van der Waals surface area contributed by atoms with Gasteiger partial charge in [-0.1, -0.05) is 117 Å². The van der Waals surface area contributed by atoms with E-state index in [1.807, 2.05) is 36.4 Å². The number of hydrogen-bond donors (Lipinski definition) is 5. The van der Waals surface area contributed by atoms with Crippen LogP contribution in [0.4, 0.5) is 4.79 Å². The van der Waals surface area contributed by atoms with Crippen LogP contribution in [-0.2, 0) is 48.5 Å². The minimum absolute atomic E-state index is 0.0224. The summed E-state index contributed by atoms with van der Waals surface area (Å²) < 4.78 is 23.1. The Balaban J connectivity index is 1.67. The summed E-state index contributed by atoms with van der Waals surface area (Å²) in [7, 11) is 1.17. The molecule has 6 N–H and O–H groups in total. The first-order valence-corrected chi connectivity index (χ1v) is 19.0.